The predicted octanol–water partition coefficient (Wildman–Crippen LogP) is 3.65. The number of carbonyl (C=O) groups is 2. The predicted molar refractivity (Wildman–Crippen MR) is 118 cm³/mol. The molecule has 2 heterocycles. The Morgan fingerprint density at radius 1 is 1.27 bits per heavy atom. The molecule has 1 saturated heterocycles. The van der Waals surface area contributed by atoms with E-state index in [-0.39, 0.29) is 29.7 Å². The maximum Gasteiger partial charge on any atom is 0.231 e. The Kier molecular flexibility index (Phi) is 5.29. The van der Waals surface area contributed by atoms with Gasteiger partial charge in [-0.3, -0.25) is 9.59 Å². The number of hydrogen-bond acceptors (Lipinski definition) is 6. The number of fused-ring (bicyclic) bond motifs is 1. The van der Waals surface area contributed by atoms with Crippen LogP contribution in [0.25, 0.3) is 10.2 Å². The fourth-order valence-electron chi connectivity index (χ4n) is 3.28. The Bertz CT molecular complexity index is 1290. The zero-order chi connectivity index (χ0) is 21.6. The zero-order valence-corrected chi connectivity index (χ0v) is 18.6. The zero-order valence-electron chi connectivity index (χ0n) is 16.2. The first-order valence-corrected chi connectivity index (χ1v) is 12.2. The highest BCUT2D eigenvalue weighted by Crippen LogP contribution is 2.31. The van der Waals surface area contributed by atoms with Crippen LogP contribution in [0.5, 0.6) is 0 Å². The molecule has 2 aromatic carbocycles. The second kappa shape index (κ2) is 7.64. The molecule has 1 aromatic heterocycles. The number of hydrogen-bond donors (Lipinski definition) is 1. The summed E-state index contributed by atoms with van der Waals surface area (Å²) in [6, 6.07) is 10.0. The SMILES string of the molecule is Cc1ccc(N2C[C@H](C(=O)Nc3nc4ccc(S(C)(=O)=O)cc4s3)CC2=O)cc1Cl. The molecule has 156 valence electrons. The van der Waals surface area contributed by atoms with Crippen LogP contribution in [-0.2, 0) is 19.4 Å². The van der Waals surface area contributed by atoms with Crippen molar-refractivity contribution in [2.45, 2.75) is 18.2 Å². The molecule has 1 fully saturated rings. The first-order chi connectivity index (χ1) is 14.1. The summed E-state index contributed by atoms with van der Waals surface area (Å²) in [5, 5.41) is 3.69. The summed E-state index contributed by atoms with van der Waals surface area (Å²) in [6.45, 7) is 2.14. The van der Waals surface area contributed by atoms with E-state index in [4.69, 9.17) is 11.6 Å². The van der Waals surface area contributed by atoms with Crippen molar-refractivity contribution >= 4 is 65.6 Å². The molecule has 1 aliphatic heterocycles. The van der Waals surface area contributed by atoms with Crippen LogP contribution in [0.4, 0.5) is 10.8 Å². The maximum absolute atomic E-state index is 12.7. The van der Waals surface area contributed by atoms with Crippen LogP contribution in [-0.4, -0.2) is 38.0 Å². The third-order valence-corrected chi connectivity index (χ3v) is 7.43. The molecule has 10 heteroatoms. The van der Waals surface area contributed by atoms with Crippen molar-refractivity contribution in [3.05, 3.63) is 47.0 Å². The molecule has 0 radical (unpaired) electrons. The Labute approximate surface area is 182 Å². The molecular formula is C20H18ClN3O4S2. The largest absolute Gasteiger partial charge is 0.312 e. The lowest BCUT2D eigenvalue weighted by molar-refractivity contribution is -0.122. The minimum atomic E-state index is -3.33. The molecule has 1 N–H and O–H groups in total. The number of carbonyl (C=O) groups excluding carboxylic acids is 2. The normalized spacial score (nSPS) is 17.0. The van der Waals surface area contributed by atoms with Gasteiger partial charge < -0.3 is 10.2 Å². The van der Waals surface area contributed by atoms with Crippen LogP contribution in [0.3, 0.4) is 0 Å². The average Bonchev–Trinajstić information content (AvgIpc) is 3.25. The highest BCUT2D eigenvalue weighted by atomic mass is 35.5. The number of sulfone groups is 1. The van der Waals surface area contributed by atoms with E-state index in [2.05, 4.69) is 10.3 Å². The number of amides is 2. The first-order valence-electron chi connectivity index (χ1n) is 9.10. The standard InChI is InChI=1S/C20H18ClN3O4S2/c1-11-3-4-13(8-15(11)21)24-10-12(7-18(24)25)19(26)23-20-22-16-6-5-14(30(2,27)28)9-17(16)29-20/h3-6,8-9,12H,7,10H2,1-2H3,(H,22,23,26)/t12-/m1/s1. The number of rotatable bonds is 4. The Hall–Kier alpha value is -2.49. The minimum absolute atomic E-state index is 0.0977. The monoisotopic (exact) mass is 463 g/mol. The van der Waals surface area contributed by atoms with Gasteiger partial charge in [-0.05, 0) is 42.8 Å². The maximum atomic E-state index is 12.7. The lowest BCUT2D eigenvalue weighted by atomic mass is 10.1. The highest BCUT2D eigenvalue weighted by molar-refractivity contribution is 7.90. The van der Waals surface area contributed by atoms with Gasteiger partial charge in [0, 0.05) is 29.9 Å². The van der Waals surface area contributed by atoms with Gasteiger partial charge in [0.1, 0.15) is 0 Å². The smallest absolute Gasteiger partial charge is 0.231 e. The Morgan fingerprint density at radius 2 is 2.03 bits per heavy atom. The van der Waals surface area contributed by atoms with Crippen LogP contribution < -0.4 is 10.2 Å². The van der Waals surface area contributed by atoms with Gasteiger partial charge in [0.25, 0.3) is 0 Å². The van der Waals surface area contributed by atoms with Gasteiger partial charge in [-0.1, -0.05) is 29.0 Å². The molecule has 0 bridgehead atoms. The fourth-order valence-corrected chi connectivity index (χ4v) is 5.08. The van der Waals surface area contributed by atoms with Gasteiger partial charge in [0.05, 0.1) is 21.0 Å². The lowest BCUT2D eigenvalue weighted by Gasteiger charge is -2.17. The molecule has 0 unspecified atom stereocenters. The molecule has 2 amide bonds. The number of anilines is 2. The van der Waals surface area contributed by atoms with Crippen LogP contribution in [0.2, 0.25) is 5.02 Å². The van der Waals surface area contributed by atoms with Crippen LogP contribution in [0.1, 0.15) is 12.0 Å². The van der Waals surface area contributed by atoms with Gasteiger partial charge in [-0.15, -0.1) is 0 Å². The Morgan fingerprint density at radius 3 is 2.73 bits per heavy atom. The summed E-state index contributed by atoms with van der Waals surface area (Å²) < 4.78 is 24.1. The molecular weight excluding hydrogens is 446 g/mol. The number of nitrogens with one attached hydrogen (secondary N) is 1. The van der Waals surface area contributed by atoms with E-state index in [0.29, 0.717) is 26.1 Å². The fraction of sp³-hybridized carbons (Fsp3) is 0.250. The average molecular weight is 464 g/mol. The molecule has 0 spiro atoms. The van der Waals surface area contributed by atoms with Gasteiger partial charge in [-0.2, -0.15) is 0 Å². The van der Waals surface area contributed by atoms with E-state index in [0.717, 1.165) is 11.8 Å². The number of thiazole rings is 1. The molecule has 7 nitrogen and oxygen atoms in total. The van der Waals surface area contributed by atoms with Gasteiger partial charge in [0.15, 0.2) is 15.0 Å². The summed E-state index contributed by atoms with van der Waals surface area (Å²) in [6.07, 6.45) is 1.24. The number of aromatic nitrogens is 1. The summed E-state index contributed by atoms with van der Waals surface area (Å²) in [5.74, 6) is -0.959. The number of aryl methyl sites for hydroxylation is 1. The van der Waals surface area contributed by atoms with Gasteiger partial charge in [-0.25, -0.2) is 13.4 Å². The second-order valence-corrected chi connectivity index (χ2v) is 10.7. The molecule has 0 aliphatic carbocycles. The summed E-state index contributed by atoms with van der Waals surface area (Å²) in [5.41, 5.74) is 2.18. The minimum Gasteiger partial charge on any atom is -0.312 e. The third kappa shape index (κ3) is 4.05. The number of benzene rings is 2. The first kappa shape index (κ1) is 20.8. The van der Waals surface area contributed by atoms with Crippen molar-refractivity contribution < 1.29 is 18.0 Å². The quantitative estimate of drug-likeness (QED) is 0.637. The van der Waals surface area contributed by atoms with Gasteiger partial charge in [0.2, 0.25) is 11.8 Å². The van der Waals surface area contributed by atoms with Crippen molar-refractivity contribution in [2.75, 3.05) is 23.0 Å². The highest BCUT2D eigenvalue weighted by Gasteiger charge is 2.35. The van der Waals surface area contributed by atoms with Crippen LogP contribution in [0, 0.1) is 12.8 Å². The van der Waals surface area contributed by atoms with Crippen molar-refractivity contribution in [3.8, 4) is 0 Å². The second-order valence-electron chi connectivity index (χ2n) is 7.25. The summed E-state index contributed by atoms with van der Waals surface area (Å²) in [4.78, 5) is 31.3. The van der Waals surface area contributed by atoms with Crippen LogP contribution in [0.15, 0.2) is 41.3 Å². The number of nitrogens with zero attached hydrogens (tertiary/aromatic N) is 2. The molecule has 3 aromatic rings. The molecule has 4 rings (SSSR count). The molecule has 1 aliphatic rings. The molecule has 0 saturated carbocycles. The van der Waals surface area contributed by atoms with Crippen molar-refractivity contribution in [3.63, 3.8) is 0 Å². The van der Waals surface area contributed by atoms with Gasteiger partial charge >= 0.3 is 0 Å². The van der Waals surface area contributed by atoms with E-state index in [9.17, 15) is 18.0 Å². The van der Waals surface area contributed by atoms with E-state index < -0.39 is 15.8 Å². The number of halogens is 1. The van der Waals surface area contributed by atoms with E-state index >= 15 is 0 Å². The molecule has 30 heavy (non-hydrogen) atoms. The van der Waals surface area contributed by atoms with E-state index in [1.54, 1.807) is 23.1 Å². The topological polar surface area (TPSA) is 96.4 Å². The van der Waals surface area contributed by atoms with Crippen molar-refractivity contribution in [2.24, 2.45) is 5.92 Å². The van der Waals surface area contributed by atoms with Crippen LogP contribution >= 0.6 is 22.9 Å². The van der Waals surface area contributed by atoms with E-state index in [1.807, 2.05) is 19.1 Å². The summed E-state index contributed by atoms with van der Waals surface area (Å²) >= 11 is 7.36. The van der Waals surface area contributed by atoms with Crippen molar-refractivity contribution in [1.29, 1.82) is 0 Å². The third-order valence-electron chi connectivity index (χ3n) is 4.98. The molecule has 1 atom stereocenters. The Balaban J connectivity index is 1.50. The summed E-state index contributed by atoms with van der Waals surface area (Å²) in [7, 11) is -3.33. The van der Waals surface area contributed by atoms with E-state index in [1.165, 1.54) is 17.4 Å². The lowest BCUT2D eigenvalue weighted by Crippen LogP contribution is -2.28. The van der Waals surface area contributed by atoms with Crippen molar-refractivity contribution in [1.82, 2.24) is 4.98 Å².